The summed E-state index contributed by atoms with van der Waals surface area (Å²) in [5.74, 6) is -0.561. The van der Waals surface area contributed by atoms with Crippen LogP contribution in [0.5, 0.6) is 0 Å². The normalized spacial score (nSPS) is 10.7. The number of hydrogen-bond donors (Lipinski definition) is 1. The molecule has 0 spiro atoms. The Morgan fingerprint density at radius 3 is 2.40 bits per heavy atom. The Morgan fingerprint density at radius 1 is 0.920 bits per heavy atom. The van der Waals surface area contributed by atoms with Crippen molar-refractivity contribution in [1.29, 1.82) is 0 Å². The summed E-state index contributed by atoms with van der Waals surface area (Å²) in [6.07, 6.45) is 0. The van der Waals surface area contributed by atoms with Crippen LogP contribution in [-0.4, -0.2) is 11.1 Å². The van der Waals surface area contributed by atoms with E-state index in [1.807, 2.05) is 60.0 Å². The zero-order chi connectivity index (χ0) is 17.2. The largest absolute Gasteiger partial charge is 0.363 e. The number of carbonyl (C=O) groups excluding carboxylic acids is 1. The van der Waals surface area contributed by atoms with Gasteiger partial charge in [-0.1, -0.05) is 53.7 Å². The van der Waals surface area contributed by atoms with Crippen molar-refractivity contribution in [3.8, 4) is 33.5 Å². The zero-order valence-corrected chi connectivity index (χ0v) is 14.0. The smallest absolute Gasteiger partial charge is 0.288 e. The monoisotopic (exact) mass is 346 g/mol. The quantitative estimate of drug-likeness (QED) is 0.575. The van der Waals surface area contributed by atoms with Crippen molar-refractivity contribution in [2.24, 2.45) is 5.73 Å². The first kappa shape index (κ1) is 15.4. The van der Waals surface area contributed by atoms with Gasteiger partial charge in [0.2, 0.25) is 5.76 Å². The van der Waals surface area contributed by atoms with Gasteiger partial charge in [-0.15, -0.1) is 0 Å². The average Bonchev–Trinajstić information content (AvgIpc) is 3.32. The maximum atomic E-state index is 11.8. The Hall–Kier alpha value is -3.18. The summed E-state index contributed by atoms with van der Waals surface area (Å²) in [6.45, 7) is 0. The van der Waals surface area contributed by atoms with E-state index >= 15 is 0 Å². The second kappa shape index (κ2) is 6.37. The van der Waals surface area contributed by atoms with E-state index in [1.165, 1.54) is 0 Å². The molecule has 0 aliphatic carbocycles. The number of nitrogens with zero attached hydrogens (tertiary/aromatic N) is 1. The number of rotatable bonds is 4. The van der Waals surface area contributed by atoms with Crippen molar-refractivity contribution in [3.63, 3.8) is 0 Å². The molecule has 0 saturated carbocycles. The lowest BCUT2D eigenvalue weighted by Gasteiger charge is -2.05. The van der Waals surface area contributed by atoms with E-state index in [0.717, 1.165) is 22.3 Å². The average molecular weight is 346 g/mol. The third-order valence-corrected chi connectivity index (χ3v) is 4.65. The molecule has 5 heteroatoms. The second-order valence-corrected chi connectivity index (χ2v) is 6.34. The lowest BCUT2D eigenvalue weighted by Crippen LogP contribution is -2.11. The van der Waals surface area contributed by atoms with Gasteiger partial charge >= 0.3 is 0 Å². The van der Waals surface area contributed by atoms with Gasteiger partial charge in [0.05, 0.1) is 5.56 Å². The van der Waals surface area contributed by atoms with Crippen molar-refractivity contribution in [2.75, 3.05) is 0 Å². The highest BCUT2D eigenvalue weighted by molar-refractivity contribution is 7.08. The van der Waals surface area contributed by atoms with Gasteiger partial charge in [-0.25, -0.2) is 0 Å². The molecule has 2 aromatic heterocycles. The number of primary amides is 1. The standard InChI is InChI=1S/C20H14N2O2S/c21-20(23)19-17(13-5-2-1-3-6-13)18(22-24-19)15-8-4-7-14(11-15)16-9-10-25-12-16/h1-12H,(H2,21,23). The molecule has 4 nitrogen and oxygen atoms in total. The van der Waals surface area contributed by atoms with E-state index in [1.54, 1.807) is 11.3 Å². The molecule has 25 heavy (non-hydrogen) atoms. The highest BCUT2D eigenvalue weighted by atomic mass is 32.1. The molecule has 2 heterocycles. The molecule has 0 bridgehead atoms. The maximum Gasteiger partial charge on any atom is 0.288 e. The van der Waals surface area contributed by atoms with Crippen LogP contribution in [0.25, 0.3) is 33.5 Å². The molecule has 0 radical (unpaired) electrons. The molecule has 4 aromatic rings. The number of nitrogens with two attached hydrogens (primary N) is 1. The molecular weight excluding hydrogens is 332 g/mol. The van der Waals surface area contributed by atoms with Crippen LogP contribution in [0.4, 0.5) is 0 Å². The summed E-state index contributed by atoms with van der Waals surface area (Å²) in [5.41, 5.74) is 10.7. The fourth-order valence-electron chi connectivity index (χ4n) is 2.80. The van der Waals surface area contributed by atoms with E-state index in [4.69, 9.17) is 10.3 Å². The molecule has 0 aliphatic heterocycles. The maximum absolute atomic E-state index is 11.8. The van der Waals surface area contributed by atoms with Gasteiger partial charge in [0.1, 0.15) is 5.69 Å². The molecule has 0 saturated heterocycles. The minimum atomic E-state index is -0.633. The Balaban J connectivity index is 1.90. The lowest BCUT2D eigenvalue weighted by atomic mass is 9.97. The fourth-order valence-corrected chi connectivity index (χ4v) is 3.47. The van der Waals surface area contributed by atoms with Crippen molar-refractivity contribution in [3.05, 3.63) is 77.2 Å². The zero-order valence-electron chi connectivity index (χ0n) is 13.2. The van der Waals surface area contributed by atoms with Gasteiger partial charge in [-0.2, -0.15) is 11.3 Å². The minimum Gasteiger partial charge on any atom is -0.363 e. The van der Waals surface area contributed by atoms with E-state index in [0.29, 0.717) is 11.3 Å². The molecule has 2 N–H and O–H groups in total. The van der Waals surface area contributed by atoms with Crippen LogP contribution >= 0.6 is 11.3 Å². The van der Waals surface area contributed by atoms with E-state index in [-0.39, 0.29) is 5.76 Å². The number of hydrogen-bond acceptors (Lipinski definition) is 4. The Morgan fingerprint density at radius 2 is 1.68 bits per heavy atom. The molecule has 0 fully saturated rings. The predicted molar refractivity (Wildman–Crippen MR) is 99.2 cm³/mol. The molecular formula is C20H14N2O2S. The van der Waals surface area contributed by atoms with Gasteiger partial charge in [0, 0.05) is 5.56 Å². The molecule has 4 rings (SSSR count). The van der Waals surface area contributed by atoms with Crippen LogP contribution in [0, 0.1) is 0 Å². The van der Waals surface area contributed by atoms with Crippen LogP contribution in [-0.2, 0) is 0 Å². The van der Waals surface area contributed by atoms with Crippen molar-refractivity contribution < 1.29 is 9.32 Å². The van der Waals surface area contributed by atoms with Crippen molar-refractivity contribution in [2.45, 2.75) is 0 Å². The van der Waals surface area contributed by atoms with Gasteiger partial charge in [0.25, 0.3) is 5.91 Å². The Labute approximate surface area is 148 Å². The number of carbonyl (C=O) groups is 1. The summed E-state index contributed by atoms with van der Waals surface area (Å²) in [7, 11) is 0. The van der Waals surface area contributed by atoms with Crippen LogP contribution in [0.15, 0.2) is 75.9 Å². The third-order valence-electron chi connectivity index (χ3n) is 3.97. The topological polar surface area (TPSA) is 69.1 Å². The predicted octanol–water partition coefficient (Wildman–Crippen LogP) is 4.84. The van der Waals surface area contributed by atoms with Crippen LogP contribution in [0.3, 0.4) is 0 Å². The molecule has 0 atom stereocenters. The highest BCUT2D eigenvalue weighted by Crippen LogP contribution is 2.36. The summed E-state index contributed by atoms with van der Waals surface area (Å²) in [5, 5.41) is 8.27. The lowest BCUT2D eigenvalue weighted by molar-refractivity contribution is 0.0966. The molecule has 122 valence electrons. The molecule has 2 aromatic carbocycles. The number of aromatic nitrogens is 1. The van der Waals surface area contributed by atoms with Crippen molar-refractivity contribution >= 4 is 17.2 Å². The van der Waals surface area contributed by atoms with Crippen LogP contribution in [0.2, 0.25) is 0 Å². The molecule has 0 aliphatic rings. The number of thiophene rings is 1. The summed E-state index contributed by atoms with van der Waals surface area (Å²) in [6, 6.07) is 19.6. The van der Waals surface area contributed by atoms with Crippen LogP contribution < -0.4 is 5.73 Å². The van der Waals surface area contributed by atoms with E-state index < -0.39 is 5.91 Å². The minimum absolute atomic E-state index is 0.0714. The van der Waals surface area contributed by atoms with Gasteiger partial charge in [0.15, 0.2) is 0 Å². The molecule has 0 unspecified atom stereocenters. The highest BCUT2D eigenvalue weighted by Gasteiger charge is 2.22. The number of benzene rings is 2. The Bertz CT molecular complexity index is 1020. The third kappa shape index (κ3) is 2.86. The van der Waals surface area contributed by atoms with Gasteiger partial charge in [-0.3, -0.25) is 4.79 Å². The second-order valence-electron chi connectivity index (χ2n) is 5.56. The SMILES string of the molecule is NC(=O)c1onc(-c2cccc(-c3ccsc3)c2)c1-c1ccccc1. The van der Waals surface area contributed by atoms with E-state index in [9.17, 15) is 4.79 Å². The van der Waals surface area contributed by atoms with Crippen molar-refractivity contribution in [1.82, 2.24) is 5.16 Å². The number of amides is 1. The first-order valence-electron chi connectivity index (χ1n) is 7.72. The van der Waals surface area contributed by atoms with Crippen LogP contribution in [0.1, 0.15) is 10.6 Å². The summed E-state index contributed by atoms with van der Waals surface area (Å²) in [4.78, 5) is 11.8. The summed E-state index contributed by atoms with van der Waals surface area (Å²) >= 11 is 1.65. The van der Waals surface area contributed by atoms with Gasteiger partial charge < -0.3 is 10.3 Å². The van der Waals surface area contributed by atoms with E-state index in [2.05, 4.69) is 16.6 Å². The molecule has 1 amide bonds. The first-order chi connectivity index (χ1) is 12.2. The summed E-state index contributed by atoms with van der Waals surface area (Å²) < 4.78 is 5.27. The first-order valence-corrected chi connectivity index (χ1v) is 8.66. The van der Waals surface area contributed by atoms with Gasteiger partial charge in [-0.05, 0) is 39.6 Å². The fraction of sp³-hybridized carbons (Fsp3) is 0. The Kier molecular flexibility index (Phi) is 3.91.